The van der Waals surface area contributed by atoms with Crippen LogP contribution in [0.3, 0.4) is 0 Å². The molecular formula is C26H25BrN2O5. The van der Waals surface area contributed by atoms with Crippen molar-refractivity contribution in [2.24, 2.45) is 0 Å². The van der Waals surface area contributed by atoms with E-state index >= 15 is 0 Å². The quantitative estimate of drug-likeness (QED) is 0.370. The molecule has 0 unspecified atom stereocenters. The first-order chi connectivity index (χ1) is 16.4. The van der Waals surface area contributed by atoms with E-state index in [1.54, 1.807) is 24.3 Å². The van der Waals surface area contributed by atoms with E-state index in [0.717, 1.165) is 21.2 Å². The molecule has 176 valence electrons. The number of rotatable bonds is 10. The average Bonchev–Trinajstić information content (AvgIpc) is 2.84. The summed E-state index contributed by atoms with van der Waals surface area (Å²) in [7, 11) is 0. The second-order valence-corrected chi connectivity index (χ2v) is 8.59. The summed E-state index contributed by atoms with van der Waals surface area (Å²) in [6, 6.07) is 23.3. The van der Waals surface area contributed by atoms with Gasteiger partial charge in [-0.25, -0.2) is 9.59 Å². The molecular weight excluding hydrogens is 500 g/mol. The van der Waals surface area contributed by atoms with Crippen LogP contribution in [-0.4, -0.2) is 35.2 Å². The summed E-state index contributed by atoms with van der Waals surface area (Å²) >= 11 is 3.34. The maximum atomic E-state index is 13.1. The van der Waals surface area contributed by atoms with E-state index in [9.17, 15) is 19.5 Å². The second kappa shape index (κ2) is 12.6. The number of benzene rings is 3. The molecule has 3 rings (SSSR count). The monoisotopic (exact) mass is 524 g/mol. The fourth-order valence-corrected chi connectivity index (χ4v) is 3.56. The van der Waals surface area contributed by atoms with Gasteiger partial charge in [-0.1, -0.05) is 88.7 Å². The molecule has 0 aliphatic heterocycles. The number of amides is 2. The number of carbonyl (C=O) groups excluding carboxylic acids is 2. The number of ether oxygens (including phenoxy) is 1. The number of alkyl carbamates (subject to hydrolysis) is 1. The number of carboxylic acids is 1. The van der Waals surface area contributed by atoms with Crippen LogP contribution in [-0.2, 0) is 33.8 Å². The molecule has 3 aromatic carbocycles. The lowest BCUT2D eigenvalue weighted by molar-refractivity contribution is -0.142. The van der Waals surface area contributed by atoms with Gasteiger partial charge in [-0.3, -0.25) is 4.79 Å². The molecule has 0 fully saturated rings. The number of halogens is 1. The summed E-state index contributed by atoms with van der Waals surface area (Å²) in [5, 5.41) is 14.8. The van der Waals surface area contributed by atoms with Crippen LogP contribution in [0, 0.1) is 0 Å². The zero-order valence-corrected chi connectivity index (χ0v) is 19.9. The lowest BCUT2D eigenvalue weighted by Crippen LogP contribution is -2.53. The van der Waals surface area contributed by atoms with Crippen molar-refractivity contribution >= 4 is 33.9 Å². The van der Waals surface area contributed by atoms with E-state index in [1.807, 2.05) is 60.7 Å². The predicted molar refractivity (Wildman–Crippen MR) is 131 cm³/mol. The first kappa shape index (κ1) is 25.0. The molecule has 0 radical (unpaired) electrons. The van der Waals surface area contributed by atoms with Crippen molar-refractivity contribution in [2.75, 3.05) is 0 Å². The van der Waals surface area contributed by atoms with Crippen LogP contribution in [0.4, 0.5) is 4.79 Å². The van der Waals surface area contributed by atoms with Crippen LogP contribution in [0.2, 0.25) is 0 Å². The Morgan fingerprint density at radius 3 is 1.85 bits per heavy atom. The first-order valence-electron chi connectivity index (χ1n) is 10.7. The van der Waals surface area contributed by atoms with Crippen LogP contribution >= 0.6 is 15.9 Å². The molecule has 7 nitrogen and oxygen atoms in total. The van der Waals surface area contributed by atoms with Crippen molar-refractivity contribution in [3.05, 3.63) is 106 Å². The molecule has 3 aromatic rings. The zero-order chi connectivity index (χ0) is 24.3. The molecule has 0 saturated carbocycles. The second-order valence-electron chi connectivity index (χ2n) is 7.68. The molecule has 0 aliphatic carbocycles. The third kappa shape index (κ3) is 8.04. The fraction of sp³-hybridized carbons (Fsp3) is 0.192. The van der Waals surface area contributed by atoms with Crippen LogP contribution in [0.1, 0.15) is 16.7 Å². The Bertz CT molecular complexity index is 1090. The minimum atomic E-state index is -1.17. The van der Waals surface area contributed by atoms with Crippen LogP contribution in [0.5, 0.6) is 0 Å². The van der Waals surface area contributed by atoms with Crippen molar-refractivity contribution in [1.29, 1.82) is 0 Å². The van der Waals surface area contributed by atoms with E-state index in [2.05, 4.69) is 26.6 Å². The number of carboxylic acid groups (broad SMARTS) is 1. The molecule has 0 aliphatic rings. The number of hydrogen-bond donors (Lipinski definition) is 3. The van der Waals surface area contributed by atoms with E-state index in [4.69, 9.17) is 4.74 Å². The van der Waals surface area contributed by atoms with E-state index in [1.165, 1.54) is 0 Å². The number of hydrogen-bond acceptors (Lipinski definition) is 4. The van der Waals surface area contributed by atoms with Crippen LogP contribution in [0.15, 0.2) is 89.4 Å². The van der Waals surface area contributed by atoms with E-state index in [-0.39, 0.29) is 19.4 Å². The third-order valence-corrected chi connectivity index (χ3v) is 5.60. The molecule has 0 bridgehead atoms. The van der Waals surface area contributed by atoms with E-state index < -0.39 is 30.1 Å². The number of carbonyl (C=O) groups is 3. The largest absolute Gasteiger partial charge is 0.480 e. The summed E-state index contributed by atoms with van der Waals surface area (Å²) in [5.41, 5.74) is 2.37. The Kier molecular flexibility index (Phi) is 9.22. The third-order valence-electron chi connectivity index (χ3n) is 5.07. The fourth-order valence-electron chi connectivity index (χ4n) is 3.29. The SMILES string of the molecule is O=C(N[C@H](Cc1ccccc1)C(=O)N[C@H](Cc1ccc(Br)cc1)C(=O)O)OCc1ccccc1. The summed E-state index contributed by atoms with van der Waals surface area (Å²) in [4.78, 5) is 37.3. The van der Waals surface area contributed by atoms with Crippen molar-refractivity contribution in [2.45, 2.75) is 31.5 Å². The first-order valence-corrected chi connectivity index (χ1v) is 11.5. The van der Waals surface area contributed by atoms with Gasteiger partial charge < -0.3 is 20.5 Å². The highest BCUT2D eigenvalue weighted by molar-refractivity contribution is 9.10. The van der Waals surface area contributed by atoms with Gasteiger partial charge in [0.1, 0.15) is 18.7 Å². The van der Waals surface area contributed by atoms with Crippen molar-refractivity contribution in [3.8, 4) is 0 Å². The summed E-state index contributed by atoms with van der Waals surface area (Å²) in [6.07, 6.45) is -0.484. The van der Waals surface area contributed by atoms with Gasteiger partial charge in [0.05, 0.1) is 0 Å². The summed E-state index contributed by atoms with van der Waals surface area (Å²) in [6.45, 7) is 0.0493. The molecule has 2 amide bonds. The molecule has 0 saturated heterocycles. The maximum absolute atomic E-state index is 13.1. The highest BCUT2D eigenvalue weighted by atomic mass is 79.9. The lowest BCUT2D eigenvalue weighted by atomic mass is 10.0. The van der Waals surface area contributed by atoms with Gasteiger partial charge >= 0.3 is 12.1 Å². The molecule has 8 heteroatoms. The van der Waals surface area contributed by atoms with E-state index in [0.29, 0.717) is 0 Å². The van der Waals surface area contributed by atoms with Gasteiger partial charge in [0.25, 0.3) is 0 Å². The summed E-state index contributed by atoms with van der Waals surface area (Å²) < 4.78 is 6.12. The average molecular weight is 525 g/mol. The van der Waals surface area contributed by atoms with Gasteiger partial charge in [0.15, 0.2) is 0 Å². The molecule has 0 aromatic heterocycles. The van der Waals surface area contributed by atoms with Crippen LogP contribution < -0.4 is 10.6 Å². The molecule has 0 spiro atoms. The standard InChI is InChI=1S/C26H25BrN2O5/c27-21-13-11-19(12-14-21)16-23(25(31)32)28-24(30)22(15-18-7-3-1-4-8-18)29-26(33)34-17-20-9-5-2-6-10-20/h1-14,22-23H,15-17H2,(H,28,30)(H,29,33)(H,31,32)/t22-,23-/m1/s1. The Hall–Kier alpha value is -3.65. The number of aliphatic carboxylic acids is 1. The summed E-state index contributed by atoms with van der Waals surface area (Å²) in [5.74, 6) is -1.77. The topological polar surface area (TPSA) is 105 Å². The molecule has 3 N–H and O–H groups in total. The van der Waals surface area contributed by atoms with Gasteiger partial charge in [-0.2, -0.15) is 0 Å². The Morgan fingerprint density at radius 2 is 1.26 bits per heavy atom. The Labute approximate surface area is 206 Å². The normalized spacial score (nSPS) is 12.3. The smallest absolute Gasteiger partial charge is 0.408 e. The van der Waals surface area contributed by atoms with Gasteiger partial charge in [-0.15, -0.1) is 0 Å². The lowest BCUT2D eigenvalue weighted by Gasteiger charge is -2.21. The van der Waals surface area contributed by atoms with Crippen molar-refractivity contribution in [3.63, 3.8) is 0 Å². The highest BCUT2D eigenvalue weighted by Gasteiger charge is 2.27. The molecule has 34 heavy (non-hydrogen) atoms. The van der Waals surface area contributed by atoms with Crippen molar-refractivity contribution < 1.29 is 24.2 Å². The zero-order valence-electron chi connectivity index (χ0n) is 18.3. The van der Waals surface area contributed by atoms with Gasteiger partial charge in [-0.05, 0) is 28.8 Å². The molecule has 0 heterocycles. The van der Waals surface area contributed by atoms with Gasteiger partial charge in [0.2, 0.25) is 5.91 Å². The molecule has 2 atom stereocenters. The minimum Gasteiger partial charge on any atom is -0.480 e. The Morgan fingerprint density at radius 1 is 0.735 bits per heavy atom. The highest BCUT2D eigenvalue weighted by Crippen LogP contribution is 2.13. The predicted octanol–water partition coefficient (Wildman–Crippen LogP) is 4.10. The number of nitrogens with one attached hydrogen (secondary N) is 2. The Balaban J connectivity index is 1.68. The van der Waals surface area contributed by atoms with Crippen LogP contribution in [0.25, 0.3) is 0 Å². The van der Waals surface area contributed by atoms with Gasteiger partial charge in [0, 0.05) is 17.3 Å². The minimum absolute atomic E-state index is 0.0493. The maximum Gasteiger partial charge on any atom is 0.408 e. The van der Waals surface area contributed by atoms with Crippen molar-refractivity contribution in [1.82, 2.24) is 10.6 Å².